The van der Waals surface area contributed by atoms with Gasteiger partial charge in [-0.1, -0.05) is 0 Å². The van der Waals surface area contributed by atoms with Gasteiger partial charge in [0, 0.05) is 37.1 Å². The van der Waals surface area contributed by atoms with Gasteiger partial charge in [-0.15, -0.1) is 0 Å². The summed E-state index contributed by atoms with van der Waals surface area (Å²) in [6.45, 7) is 2.91. The standard InChI is InChI=1S/C13H18N4/c1-16-8-9-17(10-13(16)6-7-14)12-4-2-11(15)3-5-12/h2-5,13H,6,8-10,15H2,1H3/t13-/m0/s1. The van der Waals surface area contributed by atoms with E-state index in [-0.39, 0.29) is 0 Å². The number of hydrogen-bond acceptors (Lipinski definition) is 4. The molecule has 0 bridgehead atoms. The summed E-state index contributed by atoms with van der Waals surface area (Å²) in [5.74, 6) is 0. The second kappa shape index (κ2) is 5.07. The highest BCUT2D eigenvalue weighted by molar-refractivity contribution is 5.53. The van der Waals surface area contributed by atoms with Crippen molar-refractivity contribution in [3.63, 3.8) is 0 Å². The Morgan fingerprint density at radius 1 is 1.35 bits per heavy atom. The zero-order valence-electron chi connectivity index (χ0n) is 10.1. The first kappa shape index (κ1) is 11.7. The predicted molar refractivity (Wildman–Crippen MR) is 69.7 cm³/mol. The van der Waals surface area contributed by atoms with Crippen molar-refractivity contribution in [2.75, 3.05) is 37.3 Å². The summed E-state index contributed by atoms with van der Waals surface area (Å²) in [5.41, 5.74) is 7.66. The number of nitrogen functional groups attached to an aromatic ring is 1. The number of nitriles is 1. The third kappa shape index (κ3) is 2.69. The van der Waals surface area contributed by atoms with Crippen molar-refractivity contribution in [2.24, 2.45) is 0 Å². The minimum atomic E-state index is 0.325. The van der Waals surface area contributed by atoms with Crippen LogP contribution in [0.25, 0.3) is 0 Å². The van der Waals surface area contributed by atoms with Crippen LogP contribution in [0, 0.1) is 11.3 Å². The zero-order chi connectivity index (χ0) is 12.3. The van der Waals surface area contributed by atoms with E-state index in [4.69, 9.17) is 11.0 Å². The van der Waals surface area contributed by atoms with E-state index in [1.54, 1.807) is 0 Å². The Labute approximate surface area is 102 Å². The molecule has 2 N–H and O–H groups in total. The third-order valence-electron chi connectivity index (χ3n) is 3.36. The Morgan fingerprint density at radius 3 is 2.71 bits per heavy atom. The quantitative estimate of drug-likeness (QED) is 0.778. The Kier molecular flexibility index (Phi) is 3.50. The van der Waals surface area contributed by atoms with Crippen molar-refractivity contribution in [3.05, 3.63) is 24.3 Å². The molecule has 0 aliphatic carbocycles. The Hall–Kier alpha value is -1.73. The van der Waals surface area contributed by atoms with Gasteiger partial charge in [0.25, 0.3) is 0 Å². The molecule has 4 heteroatoms. The number of anilines is 2. The largest absolute Gasteiger partial charge is 0.399 e. The molecule has 0 aromatic heterocycles. The molecular weight excluding hydrogens is 212 g/mol. The van der Waals surface area contributed by atoms with E-state index in [2.05, 4.69) is 22.9 Å². The van der Waals surface area contributed by atoms with Crippen LogP contribution in [-0.4, -0.2) is 37.6 Å². The van der Waals surface area contributed by atoms with Crippen LogP contribution in [0.3, 0.4) is 0 Å². The van der Waals surface area contributed by atoms with Crippen LogP contribution in [-0.2, 0) is 0 Å². The van der Waals surface area contributed by atoms with Gasteiger partial charge in [0.05, 0.1) is 12.5 Å². The van der Waals surface area contributed by atoms with Crippen molar-refractivity contribution in [3.8, 4) is 6.07 Å². The Bertz CT molecular complexity index is 406. The van der Waals surface area contributed by atoms with Crippen molar-refractivity contribution in [2.45, 2.75) is 12.5 Å². The van der Waals surface area contributed by atoms with Gasteiger partial charge in [0.2, 0.25) is 0 Å². The Morgan fingerprint density at radius 2 is 2.06 bits per heavy atom. The maximum atomic E-state index is 8.82. The molecule has 1 aliphatic heterocycles. The second-order valence-electron chi connectivity index (χ2n) is 4.53. The van der Waals surface area contributed by atoms with Gasteiger partial charge in [-0.2, -0.15) is 5.26 Å². The molecule has 1 saturated heterocycles. The van der Waals surface area contributed by atoms with Gasteiger partial charge in [0.1, 0.15) is 0 Å². The summed E-state index contributed by atoms with van der Waals surface area (Å²) in [5, 5.41) is 8.82. The van der Waals surface area contributed by atoms with E-state index in [0.717, 1.165) is 25.3 Å². The fourth-order valence-electron chi connectivity index (χ4n) is 2.19. The maximum Gasteiger partial charge on any atom is 0.0638 e. The van der Waals surface area contributed by atoms with Crippen LogP contribution in [0.1, 0.15) is 6.42 Å². The molecule has 1 fully saturated rings. The molecule has 90 valence electrons. The molecule has 2 rings (SSSR count). The molecule has 0 amide bonds. The minimum absolute atomic E-state index is 0.325. The lowest BCUT2D eigenvalue weighted by atomic mass is 10.1. The van der Waals surface area contributed by atoms with E-state index < -0.39 is 0 Å². The van der Waals surface area contributed by atoms with E-state index in [1.807, 2.05) is 24.3 Å². The lowest BCUT2D eigenvalue weighted by Gasteiger charge is -2.39. The number of hydrogen-bond donors (Lipinski definition) is 1. The number of likely N-dealkylation sites (N-methyl/N-ethyl adjacent to an activating group) is 1. The lowest BCUT2D eigenvalue weighted by molar-refractivity contribution is 0.221. The highest BCUT2D eigenvalue weighted by Gasteiger charge is 2.23. The molecule has 1 atom stereocenters. The third-order valence-corrected chi connectivity index (χ3v) is 3.36. The number of piperazine rings is 1. The van der Waals surface area contributed by atoms with Gasteiger partial charge in [0.15, 0.2) is 0 Å². The molecule has 1 aliphatic rings. The molecule has 17 heavy (non-hydrogen) atoms. The van der Waals surface area contributed by atoms with Crippen molar-refractivity contribution in [1.82, 2.24) is 4.90 Å². The molecule has 0 spiro atoms. The summed E-state index contributed by atoms with van der Waals surface area (Å²) in [6.07, 6.45) is 0.585. The topological polar surface area (TPSA) is 56.3 Å². The normalized spacial score (nSPS) is 21.2. The van der Waals surface area contributed by atoms with Crippen molar-refractivity contribution >= 4 is 11.4 Å². The summed E-state index contributed by atoms with van der Waals surface area (Å²) >= 11 is 0. The van der Waals surface area contributed by atoms with E-state index in [9.17, 15) is 0 Å². The number of nitrogens with two attached hydrogens (primary N) is 1. The van der Waals surface area contributed by atoms with E-state index >= 15 is 0 Å². The molecule has 4 nitrogen and oxygen atoms in total. The van der Waals surface area contributed by atoms with Crippen LogP contribution in [0.2, 0.25) is 0 Å². The van der Waals surface area contributed by atoms with Gasteiger partial charge in [-0.05, 0) is 31.3 Å². The number of rotatable bonds is 2. The molecule has 0 unspecified atom stereocenters. The summed E-state index contributed by atoms with van der Waals surface area (Å²) in [7, 11) is 2.09. The predicted octanol–water partition coefficient (Wildman–Crippen LogP) is 1.30. The SMILES string of the molecule is CN1CCN(c2ccc(N)cc2)C[C@@H]1CC#N. The van der Waals surface area contributed by atoms with E-state index in [0.29, 0.717) is 12.5 Å². The van der Waals surface area contributed by atoms with Gasteiger partial charge < -0.3 is 10.6 Å². The number of nitrogens with zero attached hydrogens (tertiary/aromatic N) is 3. The van der Waals surface area contributed by atoms with Crippen LogP contribution in [0.5, 0.6) is 0 Å². The molecule has 1 aromatic rings. The molecule has 1 heterocycles. The first-order chi connectivity index (χ1) is 8.20. The average Bonchev–Trinajstić information content (AvgIpc) is 2.33. The van der Waals surface area contributed by atoms with Gasteiger partial charge in [-0.3, -0.25) is 4.90 Å². The summed E-state index contributed by atoms with van der Waals surface area (Å²) in [6, 6.07) is 10.5. The number of benzene rings is 1. The monoisotopic (exact) mass is 230 g/mol. The molecule has 0 saturated carbocycles. The fourth-order valence-corrected chi connectivity index (χ4v) is 2.19. The van der Waals surface area contributed by atoms with Crippen LogP contribution in [0.4, 0.5) is 11.4 Å². The van der Waals surface area contributed by atoms with Crippen LogP contribution >= 0.6 is 0 Å². The highest BCUT2D eigenvalue weighted by atomic mass is 15.3. The Balaban J connectivity index is 2.08. The lowest BCUT2D eigenvalue weighted by Crippen LogP contribution is -2.51. The smallest absolute Gasteiger partial charge is 0.0638 e. The molecule has 1 aromatic carbocycles. The summed E-state index contributed by atoms with van der Waals surface area (Å²) in [4.78, 5) is 4.58. The van der Waals surface area contributed by atoms with Gasteiger partial charge in [-0.25, -0.2) is 0 Å². The van der Waals surface area contributed by atoms with Crippen LogP contribution < -0.4 is 10.6 Å². The minimum Gasteiger partial charge on any atom is -0.399 e. The van der Waals surface area contributed by atoms with Crippen LogP contribution in [0.15, 0.2) is 24.3 Å². The maximum absolute atomic E-state index is 8.82. The fraction of sp³-hybridized carbons (Fsp3) is 0.462. The molecular formula is C13H18N4. The first-order valence-electron chi connectivity index (χ1n) is 5.88. The average molecular weight is 230 g/mol. The molecule has 0 radical (unpaired) electrons. The first-order valence-corrected chi connectivity index (χ1v) is 5.88. The highest BCUT2D eigenvalue weighted by Crippen LogP contribution is 2.20. The zero-order valence-corrected chi connectivity index (χ0v) is 10.1. The second-order valence-corrected chi connectivity index (χ2v) is 4.53. The van der Waals surface area contributed by atoms with Crippen molar-refractivity contribution < 1.29 is 0 Å². The van der Waals surface area contributed by atoms with E-state index in [1.165, 1.54) is 5.69 Å². The van der Waals surface area contributed by atoms with Crippen molar-refractivity contribution in [1.29, 1.82) is 5.26 Å². The summed E-state index contributed by atoms with van der Waals surface area (Å²) < 4.78 is 0. The van der Waals surface area contributed by atoms with Gasteiger partial charge >= 0.3 is 0 Å².